The molecule has 6 heteroatoms. The first-order valence-corrected chi connectivity index (χ1v) is 12.0. The van der Waals surface area contributed by atoms with Crippen molar-refractivity contribution in [3.8, 4) is 0 Å². The molecule has 3 heterocycles. The van der Waals surface area contributed by atoms with E-state index in [1.165, 1.54) is 40.7 Å². The fraction of sp³-hybridized carbons (Fsp3) is 0.458. The maximum atomic E-state index is 4.91. The number of guanidine groups is 1. The number of piperidine rings is 1. The van der Waals surface area contributed by atoms with E-state index in [-0.39, 0.29) is 0 Å². The van der Waals surface area contributed by atoms with E-state index < -0.39 is 0 Å². The Morgan fingerprint density at radius 2 is 2.17 bits per heavy atom. The molecule has 0 aliphatic carbocycles. The highest BCUT2D eigenvalue weighted by atomic mass is 32.1. The summed E-state index contributed by atoms with van der Waals surface area (Å²) in [6.45, 7) is 8.22. The van der Waals surface area contributed by atoms with Crippen LogP contribution in [0.25, 0.3) is 10.9 Å². The summed E-state index contributed by atoms with van der Waals surface area (Å²) in [7, 11) is 0. The van der Waals surface area contributed by atoms with Gasteiger partial charge < -0.3 is 15.6 Å². The van der Waals surface area contributed by atoms with Crippen molar-refractivity contribution in [1.82, 2.24) is 20.5 Å². The van der Waals surface area contributed by atoms with Crippen LogP contribution in [-0.4, -0.2) is 48.6 Å². The van der Waals surface area contributed by atoms with Gasteiger partial charge in [0.1, 0.15) is 0 Å². The molecule has 1 aliphatic heterocycles. The molecule has 1 fully saturated rings. The predicted molar refractivity (Wildman–Crippen MR) is 128 cm³/mol. The molecule has 1 saturated heterocycles. The van der Waals surface area contributed by atoms with Crippen molar-refractivity contribution in [3.63, 3.8) is 0 Å². The summed E-state index contributed by atoms with van der Waals surface area (Å²) >= 11 is 1.86. The third kappa shape index (κ3) is 5.64. The second-order valence-electron chi connectivity index (χ2n) is 8.08. The van der Waals surface area contributed by atoms with E-state index in [2.05, 4.69) is 75.4 Å². The van der Waals surface area contributed by atoms with Crippen LogP contribution in [0, 0.1) is 5.92 Å². The van der Waals surface area contributed by atoms with Gasteiger partial charge in [-0.05, 0) is 61.7 Å². The molecule has 1 atom stereocenters. The van der Waals surface area contributed by atoms with Crippen LogP contribution in [0.3, 0.4) is 0 Å². The number of H-pyrrole nitrogens is 1. The number of hydrogen-bond acceptors (Lipinski definition) is 3. The number of aromatic nitrogens is 1. The van der Waals surface area contributed by atoms with Crippen molar-refractivity contribution >= 4 is 28.2 Å². The molecule has 2 aromatic heterocycles. The Balaban J connectivity index is 1.27. The third-order valence-electron chi connectivity index (χ3n) is 5.78. The number of fused-ring (bicyclic) bond motifs is 1. The minimum absolute atomic E-state index is 0.641. The molecule has 0 amide bonds. The zero-order valence-corrected chi connectivity index (χ0v) is 18.7. The highest BCUT2D eigenvalue weighted by Crippen LogP contribution is 2.21. The summed E-state index contributed by atoms with van der Waals surface area (Å²) in [6.07, 6.45) is 5.66. The molecule has 1 unspecified atom stereocenters. The van der Waals surface area contributed by atoms with E-state index in [1.807, 2.05) is 11.3 Å². The standard InChI is InChI=1S/C24H33N5S/c1-2-25-24(26-12-11-20-16-27-23-10-4-3-9-22(20)23)28-15-19-7-5-13-29(17-19)18-21-8-6-14-30-21/h3-4,6,8-10,14,16,19,27H,2,5,7,11-13,15,17-18H2,1H3,(H2,25,26,28). The number of likely N-dealkylation sites (tertiary alicyclic amines) is 1. The first-order chi connectivity index (χ1) is 14.8. The first-order valence-electron chi connectivity index (χ1n) is 11.1. The molecule has 3 N–H and O–H groups in total. The van der Waals surface area contributed by atoms with E-state index in [0.29, 0.717) is 5.92 Å². The molecule has 1 aromatic carbocycles. The first kappa shape index (κ1) is 20.9. The molecular formula is C24H33N5S. The van der Waals surface area contributed by atoms with Crippen LogP contribution in [0.1, 0.15) is 30.2 Å². The van der Waals surface area contributed by atoms with Gasteiger partial charge in [0.2, 0.25) is 0 Å². The molecule has 0 bridgehead atoms. The number of rotatable bonds is 8. The SMILES string of the molecule is CCNC(=NCC1CCCN(Cc2cccs2)C1)NCCc1c[nH]c2ccccc12. The Kier molecular flexibility index (Phi) is 7.43. The van der Waals surface area contributed by atoms with Crippen LogP contribution in [-0.2, 0) is 13.0 Å². The molecule has 160 valence electrons. The number of nitrogens with zero attached hydrogens (tertiary/aromatic N) is 2. The Bertz CT molecular complexity index is 930. The van der Waals surface area contributed by atoms with Crippen molar-refractivity contribution in [2.45, 2.75) is 32.7 Å². The number of aromatic amines is 1. The lowest BCUT2D eigenvalue weighted by Crippen LogP contribution is -2.40. The molecule has 5 nitrogen and oxygen atoms in total. The number of aliphatic imine (C=N–C) groups is 1. The van der Waals surface area contributed by atoms with Gasteiger partial charge in [-0.15, -0.1) is 11.3 Å². The zero-order chi connectivity index (χ0) is 20.6. The Hall–Kier alpha value is -2.31. The second kappa shape index (κ2) is 10.6. The van der Waals surface area contributed by atoms with Crippen LogP contribution in [0.2, 0.25) is 0 Å². The van der Waals surface area contributed by atoms with Gasteiger partial charge >= 0.3 is 0 Å². The number of benzene rings is 1. The Labute approximate surface area is 183 Å². The topological polar surface area (TPSA) is 55.5 Å². The fourth-order valence-electron chi connectivity index (χ4n) is 4.28. The second-order valence-corrected chi connectivity index (χ2v) is 9.11. The van der Waals surface area contributed by atoms with Crippen molar-refractivity contribution < 1.29 is 0 Å². The minimum Gasteiger partial charge on any atom is -0.361 e. The highest BCUT2D eigenvalue weighted by Gasteiger charge is 2.20. The average Bonchev–Trinajstić information content (AvgIpc) is 3.42. The largest absolute Gasteiger partial charge is 0.361 e. The van der Waals surface area contributed by atoms with Gasteiger partial charge in [-0.3, -0.25) is 9.89 Å². The Morgan fingerprint density at radius 1 is 1.23 bits per heavy atom. The predicted octanol–water partition coefficient (Wildman–Crippen LogP) is 4.24. The number of para-hydroxylation sites is 1. The monoisotopic (exact) mass is 423 g/mol. The van der Waals surface area contributed by atoms with Crippen molar-refractivity contribution in [2.75, 3.05) is 32.7 Å². The van der Waals surface area contributed by atoms with E-state index in [9.17, 15) is 0 Å². The van der Waals surface area contributed by atoms with Crippen molar-refractivity contribution in [1.29, 1.82) is 0 Å². The van der Waals surface area contributed by atoms with Crippen LogP contribution in [0.15, 0.2) is 53.0 Å². The number of hydrogen-bond donors (Lipinski definition) is 3. The third-order valence-corrected chi connectivity index (χ3v) is 6.64. The van der Waals surface area contributed by atoms with Crippen molar-refractivity contribution in [2.24, 2.45) is 10.9 Å². The number of nitrogens with one attached hydrogen (secondary N) is 3. The van der Waals surface area contributed by atoms with Gasteiger partial charge in [0, 0.05) is 54.7 Å². The van der Waals surface area contributed by atoms with E-state index >= 15 is 0 Å². The van der Waals surface area contributed by atoms with Gasteiger partial charge in [-0.2, -0.15) is 0 Å². The van der Waals surface area contributed by atoms with E-state index in [1.54, 1.807) is 0 Å². The average molecular weight is 424 g/mol. The summed E-state index contributed by atoms with van der Waals surface area (Å²) < 4.78 is 0. The number of thiophene rings is 1. The molecule has 1 aliphatic rings. The van der Waals surface area contributed by atoms with Gasteiger partial charge in [-0.25, -0.2) is 0 Å². The summed E-state index contributed by atoms with van der Waals surface area (Å²) in [5.41, 5.74) is 2.56. The molecule has 0 radical (unpaired) electrons. The van der Waals surface area contributed by atoms with Crippen LogP contribution in [0.4, 0.5) is 0 Å². The lowest BCUT2D eigenvalue weighted by atomic mass is 9.98. The van der Waals surface area contributed by atoms with Gasteiger partial charge in [0.05, 0.1) is 0 Å². The summed E-state index contributed by atoms with van der Waals surface area (Å²) in [6, 6.07) is 12.9. The van der Waals surface area contributed by atoms with Crippen LogP contribution < -0.4 is 10.6 Å². The maximum absolute atomic E-state index is 4.91. The summed E-state index contributed by atoms with van der Waals surface area (Å²) in [5, 5.41) is 10.4. The highest BCUT2D eigenvalue weighted by molar-refractivity contribution is 7.09. The zero-order valence-electron chi connectivity index (χ0n) is 17.9. The van der Waals surface area contributed by atoms with E-state index in [0.717, 1.165) is 45.1 Å². The van der Waals surface area contributed by atoms with Crippen LogP contribution >= 0.6 is 11.3 Å². The molecular weight excluding hydrogens is 390 g/mol. The molecule has 30 heavy (non-hydrogen) atoms. The summed E-state index contributed by atoms with van der Waals surface area (Å²) in [5.74, 6) is 1.58. The lowest BCUT2D eigenvalue weighted by Gasteiger charge is -2.31. The molecule has 3 aromatic rings. The van der Waals surface area contributed by atoms with Gasteiger partial charge in [-0.1, -0.05) is 24.3 Å². The van der Waals surface area contributed by atoms with Crippen LogP contribution in [0.5, 0.6) is 0 Å². The maximum Gasteiger partial charge on any atom is 0.191 e. The van der Waals surface area contributed by atoms with Gasteiger partial charge in [0.25, 0.3) is 0 Å². The normalized spacial score (nSPS) is 18.0. The smallest absolute Gasteiger partial charge is 0.191 e. The van der Waals surface area contributed by atoms with Gasteiger partial charge in [0.15, 0.2) is 5.96 Å². The lowest BCUT2D eigenvalue weighted by molar-refractivity contribution is 0.172. The summed E-state index contributed by atoms with van der Waals surface area (Å²) in [4.78, 5) is 12.3. The van der Waals surface area contributed by atoms with Crippen molar-refractivity contribution in [3.05, 3.63) is 58.4 Å². The fourth-order valence-corrected chi connectivity index (χ4v) is 5.03. The quantitative estimate of drug-likeness (QED) is 0.375. The minimum atomic E-state index is 0.641. The Morgan fingerprint density at radius 3 is 3.03 bits per heavy atom. The van der Waals surface area contributed by atoms with E-state index in [4.69, 9.17) is 4.99 Å². The molecule has 0 spiro atoms. The molecule has 4 rings (SSSR count). The molecule has 0 saturated carbocycles.